The standard InChI is InChI=1S/C16H23N3O2.ClH/c1-3-19(4-2)14(20)12-7-5-8-13(11-12)18-15(21)16(17)9-6-10-16;/h5,7-8,11H,3-4,6,9-10,17H2,1-2H3,(H,18,21);1H. The molecule has 0 heterocycles. The first-order chi connectivity index (χ1) is 10.00. The van der Waals surface area contributed by atoms with Crippen molar-refractivity contribution in [2.45, 2.75) is 38.6 Å². The predicted octanol–water partition coefficient (Wildman–Crippen LogP) is 2.41. The van der Waals surface area contributed by atoms with Crippen molar-refractivity contribution < 1.29 is 9.59 Å². The van der Waals surface area contributed by atoms with Gasteiger partial charge in [0, 0.05) is 24.3 Å². The van der Waals surface area contributed by atoms with Crippen LogP contribution in [0.4, 0.5) is 5.69 Å². The van der Waals surface area contributed by atoms with E-state index in [0.29, 0.717) is 24.3 Å². The second-order valence-corrected chi connectivity index (χ2v) is 5.52. The smallest absolute Gasteiger partial charge is 0.253 e. The number of anilines is 1. The number of hydrogen-bond acceptors (Lipinski definition) is 3. The number of carbonyl (C=O) groups is 2. The fourth-order valence-electron chi connectivity index (χ4n) is 2.46. The first-order valence-electron chi connectivity index (χ1n) is 7.50. The van der Waals surface area contributed by atoms with Gasteiger partial charge in [-0.3, -0.25) is 9.59 Å². The van der Waals surface area contributed by atoms with Gasteiger partial charge in [0.2, 0.25) is 5.91 Å². The molecule has 0 atom stereocenters. The Balaban J connectivity index is 0.00000242. The molecule has 1 aromatic carbocycles. The van der Waals surface area contributed by atoms with Crippen LogP contribution in [-0.2, 0) is 4.79 Å². The molecule has 0 unspecified atom stereocenters. The molecule has 0 spiro atoms. The van der Waals surface area contributed by atoms with Crippen LogP contribution >= 0.6 is 12.4 Å². The Kier molecular flexibility index (Phi) is 6.38. The van der Waals surface area contributed by atoms with Crippen LogP contribution in [0.1, 0.15) is 43.5 Å². The molecule has 5 nitrogen and oxygen atoms in total. The highest BCUT2D eigenvalue weighted by atomic mass is 35.5. The maximum absolute atomic E-state index is 12.3. The maximum atomic E-state index is 12.3. The molecule has 0 saturated heterocycles. The van der Waals surface area contributed by atoms with Gasteiger partial charge in [-0.1, -0.05) is 6.07 Å². The van der Waals surface area contributed by atoms with Gasteiger partial charge in [0.05, 0.1) is 5.54 Å². The van der Waals surface area contributed by atoms with Crippen LogP contribution in [0, 0.1) is 0 Å². The largest absolute Gasteiger partial charge is 0.339 e. The highest BCUT2D eigenvalue weighted by Gasteiger charge is 2.40. The minimum Gasteiger partial charge on any atom is -0.339 e. The molecule has 2 rings (SSSR count). The van der Waals surface area contributed by atoms with Crippen molar-refractivity contribution >= 4 is 29.9 Å². The van der Waals surface area contributed by atoms with Crippen LogP contribution in [0.2, 0.25) is 0 Å². The summed E-state index contributed by atoms with van der Waals surface area (Å²) in [5, 5.41) is 2.82. The molecule has 0 aliphatic heterocycles. The molecule has 1 fully saturated rings. The number of hydrogen-bond donors (Lipinski definition) is 2. The Bertz CT molecular complexity index is 540. The average Bonchev–Trinajstić information content (AvgIpc) is 2.46. The summed E-state index contributed by atoms with van der Waals surface area (Å²) >= 11 is 0. The third kappa shape index (κ3) is 3.78. The lowest BCUT2D eigenvalue weighted by molar-refractivity contribution is -0.123. The highest BCUT2D eigenvalue weighted by molar-refractivity contribution is 6.00. The van der Waals surface area contributed by atoms with Gasteiger partial charge < -0.3 is 16.0 Å². The van der Waals surface area contributed by atoms with Gasteiger partial charge in [-0.2, -0.15) is 0 Å². The number of nitrogens with one attached hydrogen (secondary N) is 1. The number of rotatable bonds is 5. The SMILES string of the molecule is CCN(CC)C(=O)c1cccc(NC(=O)C2(N)CCC2)c1.Cl. The van der Waals surface area contributed by atoms with Gasteiger partial charge in [-0.25, -0.2) is 0 Å². The van der Waals surface area contributed by atoms with Gasteiger partial charge in [-0.05, 0) is 51.3 Å². The van der Waals surface area contributed by atoms with Crippen molar-refractivity contribution in [3.63, 3.8) is 0 Å². The van der Waals surface area contributed by atoms with E-state index in [9.17, 15) is 9.59 Å². The van der Waals surface area contributed by atoms with E-state index in [0.717, 1.165) is 19.3 Å². The molecule has 1 aromatic rings. The predicted molar refractivity (Wildman–Crippen MR) is 90.3 cm³/mol. The molecule has 3 N–H and O–H groups in total. The van der Waals surface area contributed by atoms with E-state index in [1.54, 1.807) is 29.2 Å². The number of carbonyl (C=O) groups excluding carboxylic acids is 2. The van der Waals surface area contributed by atoms with E-state index >= 15 is 0 Å². The Morgan fingerprint density at radius 1 is 1.27 bits per heavy atom. The topological polar surface area (TPSA) is 75.4 Å². The van der Waals surface area contributed by atoms with Crippen LogP contribution in [-0.4, -0.2) is 35.3 Å². The Labute approximate surface area is 137 Å². The van der Waals surface area contributed by atoms with Crippen molar-refractivity contribution in [3.05, 3.63) is 29.8 Å². The van der Waals surface area contributed by atoms with Crippen LogP contribution in [0.3, 0.4) is 0 Å². The lowest BCUT2D eigenvalue weighted by Gasteiger charge is -2.36. The zero-order valence-corrected chi connectivity index (χ0v) is 13.9. The van der Waals surface area contributed by atoms with Crippen molar-refractivity contribution in [1.29, 1.82) is 0 Å². The number of nitrogens with two attached hydrogens (primary N) is 1. The zero-order valence-electron chi connectivity index (χ0n) is 13.1. The molecule has 0 radical (unpaired) electrons. The quantitative estimate of drug-likeness (QED) is 0.873. The highest BCUT2D eigenvalue weighted by Crippen LogP contribution is 2.30. The average molecular weight is 326 g/mol. The molecule has 122 valence electrons. The minimum absolute atomic E-state index is 0. The molecule has 1 aliphatic carbocycles. The van der Waals surface area contributed by atoms with E-state index < -0.39 is 5.54 Å². The summed E-state index contributed by atoms with van der Waals surface area (Å²) in [6, 6.07) is 7.02. The van der Waals surface area contributed by atoms with E-state index in [2.05, 4.69) is 5.32 Å². The Morgan fingerprint density at radius 2 is 1.91 bits per heavy atom. The van der Waals surface area contributed by atoms with E-state index in [1.807, 2.05) is 13.8 Å². The number of nitrogens with zero attached hydrogens (tertiary/aromatic N) is 1. The van der Waals surface area contributed by atoms with Crippen LogP contribution in [0.5, 0.6) is 0 Å². The van der Waals surface area contributed by atoms with Crippen LogP contribution in [0.15, 0.2) is 24.3 Å². The summed E-state index contributed by atoms with van der Waals surface area (Å²) < 4.78 is 0. The zero-order chi connectivity index (χ0) is 15.5. The molecule has 2 amide bonds. The lowest BCUT2D eigenvalue weighted by Crippen LogP contribution is -2.56. The second-order valence-electron chi connectivity index (χ2n) is 5.52. The van der Waals surface area contributed by atoms with Crippen molar-refractivity contribution in [1.82, 2.24) is 4.90 Å². The molecule has 6 heteroatoms. The second kappa shape index (κ2) is 7.61. The molecular formula is C16H24ClN3O2. The van der Waals surface area contributed by atoms with E-state index in [4.69, 9.17) is 5.73 Å². The summed E-state index contributed by atoms with van der Waals surface area (Å²) in [6.07, 6.45) is 2.43. The summed E-state index contributed by atoms with van der Waals surface area (Å²) in [5.74, 6) is -0.191. The summed E-state index contributed by atoms with van der Waals surface area (Å²) in [7, 11) is 0. The molecule has 0 aromatic heterocycles. The normalized spacial score (nSPS) is 15.2. The lowest BCUT2D eigenvalue weighted by atomic mass is 9.77. The molecule has 1 aliphatic rings. The van der Waals surface area contributed by atoms with Gasteiger partial charge in [0.1, 0.15) is 0 Å². The van der Waals surface area contributed by atoms with Gasteiger partial charge in [0.25, 0.3) is 5.91 Å². The van der Waals surface area contributed by atoms with Crippen LogP contribution < -0.4 is 11.1 Å². The van der Waals surface area contributed by atoms with Crippen molar-refractivity contribution in [3.8, 4) is 0 Å². The van der Waals surface area contributed by atoms with Crippen molar-refractivity contribution in [2.75, 3.05) is 18.4 Å². The Hall–Kier alpha value is -1.59. The van der Waals surface area contributed by atoms with E-state index in [-0.39, 0.29) is 24.2 Å². The Morgan fingerprint density at radius 3 is 2.41 bits per heavy atom. The summed E-state index contributed by atoms with van der Waals surface area (Å²) in [5.41, 5.74) is 6.46. The number of halogens is 1. The number of benzene rings is 1. The van der Waals surface area contributed by atoms with Gasteiger partial charge in [-0.15, -0.1) is 12.4 Å². The fourth-order valence-corrected chi connectivity index (χ4v) is 2.46. The summed E-state index contributed by atoms with van der Waals surface area (Å²) in [6.45, 7) is 5.22. The first-order valence-corrected chi connectivity index (χ1v) is 7.50. The van der Waals surface area contributed by atoms with Crippen molar-refractivity contribution in [2.24, 2.45) is 5.73 Å². The first kappa shape index (κ1) is 18.5. The van der Waals surface area contributed by atoms with Gasteiger partial charge in [0.15, 0.2) is 0 Å². The maximum Gasteiger partial charge on any atom is 0.253 e. The van der Waals surface area contributed by atoms with E-state index in [1.165, 1.54) is 0 Å². The third-order valence-corrected chi connectivity index (χ3v) is 4.12. The molecule has 0 bridgehead atoms. The van der Waals surface area contributed by atoms with Gasteiger partial charge >= 0.3 is 0 Å². The van der Waals surface area contributed by atoms with Crippen LogP contribution in [0.25, 0.3) is 0 Å². The number of amides is 2. The fraction of sp³-hybridized carbons (Fsp3) is 0.500. The molecular weight excluding hydrogens is 302 g/mol. The molecule has 22 heavy (non-hydrogen) atoms. The monoisotopic (exact) mass is 325 g/mol. The minimum atomic E-state index is -0.737. The summed E-state index contributed by atoms with van der Waals surface area (Å²) in [4.78, 5) is 26.2. The molecule has 1 saturated carbocycles. The third-order valence-electron chi connectivity index (χ3n) is 4.12.